The molecule has 2 heterocycles. The first-order chi connectivity index (χ1) is 15.5. The number of hydrogen-bond acceptors (Lipinski definition) is 5. The Labute approximate surface area is 191 Å². The van der Waals surface area contributed by atoms with E-state index in [1.54, 1.807) is 41.4 Å². The van der Waals surface area contributed by atoms with Crippen molar-refractivity contribution in [2.75, 3.05) is 22.9 Å². The molecule has 0 spiro atoms. The maximum absolute atomic E-state index is 13.5. The number of halogens is 1. The van der Waals surface area contributed by atoms with Gasteiger partial charge in [-0.25, -0.2) is 0 Å². The number of amides is 1. The first-order valence-electron chi connectivity index (χ1n) is 10.5. The number of anilines is 2. The minimum Gasteiger partial charge on any atom is -0.366 e. The molecular formula is C24H23ClN4O3. The molecule has 0 saturated carbocycles. The summed E-state index contributed by atoms with van der Waals surface area (Å²) >= 11 is 6.04. The van der Waals surface area contributed by atoms with Crippen LogP contribution in [0.5, 0.6) is 0 Å². The number of nitro groups is 1. The number of hydrogen-bond donors (Lipinski definition) is 0. The summed E-state index contributed by atoms with van der Waals surface area (Å²) in [6.07, 6.45) is 2.96. The predicted molar refractivity (Wildman–Crippen MR) is 125 cm³/mol. The van der Waals surface area contributed by atoms with Gasteiger partial charge in [-0.15, -0.1) is 0 Å². The zero-order valence-electron chi connectivity index (χ0n) is 17.4. The van der Waals surface area contributed by atoms with Crippen LogP contribution < -0.4 is 9.80 Å². The zero-order chi connectivity index (χ0) is 22.5. The van der Waals surface area contributed by atoms with E-state index in [-0.39, 0.29) is 22.4 Å². The van der Waals surface area contributed by atoms with Crippen molar-refractivity contribution in [2.24, 2.45) is 5.92 Å². The maximum atomic E-state index is 13.5. The Morgan fingerprint density at radius 2 is 1.75 bits per heavy atom. The van der Waals surface area contributed by atoms with Gasteiger partial charge in [-0.1, -0.05) is 29.8 Å². The van der Waals surface area contributed by atoms with Crippen molar-refractivity contribution in [3.63, 3.8) is 0 Å². The number of nitro benzene ring substituents is 1. The van der Waals surface area contributed by atoms with E-state index in [0.717, 1.165) is 11.4 Å². The Morgan fingerprint density at radius 1 is 1.06 bits per heavy atom. The molecule has 0 aliphatic carbocycles. The van der Waals surface area contributed by atoms with Gasteiger partial charge >= 0.3 is 0 Å². The summed E-state index contributed by atoms with van der Waals surface area (Å²) in [6.45, 7) is 1.53. The molecule has 32 heavy (non-hydrogen) atoms. The molecule has 164 valence electrons. The second kappa shape index (κ2) is 9.78. The molecule has 8 heteroatoms. The molecule has 4 rings (SSSR count). The minimum atomic E-state index is -0.359. The SMILES string of the molecule is O=C(C1CCN(c2ccccc2[N+](=O)[O-])CC1)N(Cc1ccccn1)c1ccc(Cl)cc1. The quantitative estimate of drug-likeness (QED) is 0.386. The van der Waals surface area contributed by atoms with Crippen molar-refractivity contribution >= 4 is 34.6 Å². The number of aromatic nitrogens is 1. The van der Waals surface area contributed by atoms with E-state index in [1.165, 1.54) is 6.07 Å². The Bertz CT molecular complexity index is 1080. The third kappa shape index (κ3) is 4.89. The lowest BCUT2D eigenvalue weighted by atomic mass is 9.94. The van der Waals surface area contributed by atoms with E-state index in [1.807, 2.05) is 35.2 Å². The highest BCUT2D eigenvalue weighted by atomic mass is 35.5. The molecule has 1 saturated heterocycles. The lowest BCUT2D eigenvalue weighted by molar-refractivity contribution is -0.384. The summed E-state index contributed by atoms with van der Waals surface area (Å²) in [7, 11) is 0. The molecule has 2 aromatic carbocycles. The van der Waals surface area contributed by atoms with Gasteiger partial charge in [0.05, 0.1) is 17.2 Å². The lowest BCUT2D eigenvalue weighted by Gasteiger charge is -2.35. The Kier molecular flexibility index (Phi) is 6.66. The van der Waals surface area contributed by atoms with E-state index in [9.17, 15) is 14.9 Å². The van der Waals surface area contributed by atoms with Gasteiger partial charge in [0.1, 0.15) is 5.69 Å². The fraction of sp³-hybridized carbons (Fsp3) is 0.250. The van der Waals surface area contributed by atoms with E-state index in [2.05, 4.69) is 4.98 Å². The average Bonchev–Trinajstić information content (AvgIpc) is 2.83. The van der Waals surface area contributed by atoms with Gasteiger partial charge < -0.3 is 9.80 Å². The highest BCUT2D eigenvalue weighted by Gasteiger charge is 2.31. The number of pyridine rings is 1. The normalized spacial score (nSPS) is 14.2. The molecule has 3 aromatic rings. The molecule has 0 atom stereocenters. The maximum Gasteiger partial charge on any atom is 0.292 e. The molecule has 1 aliphatic heterocycles. The fourth-order valence-corrected chi connectivity index (χ4v) is 4.17. The number of nitrogens with zero attached hydrogens (tertiary/aromatic N) is 4. The Morgan fingerprint density at radius 3 is 2.41 bits per heavy atom. The Balaban J connectivity index is 1.51. The first kappa shape index (κ1) is 21.8. The molecule has 0 N–H and O–H groups in total. The van der Waals surface area contributed by atoms with Crippen molar-refractivity contribution in [2.45, 2.75) is 19.4 Å². The van der Waals surface area contributed by atoms with Gasteiger partial charge in [0.25, 0.3) is 5.69 Å². The van der Waals surface area contributed by atoms with Crippen LogP contribution in [0.1, 0.15) is 18.5 Å². The van der Waals surface area contributed by atoms with Crippen LogP contribution in [-0.4, -0.2) is 28.9 Å². The van der Waals surface area contributed by atoms with Gasteiger partial charge in [0.2, 0.25) is 5.91 Å². The number of carbonyl (C=O) groups is 1. The number of rotatable bonds is 6. The van der Waals surface area contributed by atoms with E-state index in [0.29, 0.717) is 43.2 Å². The van der Waals surface area contributed by atoms with Crippen LogP contribution in [0.15, 0.2) is 72.9 Å². The number of piperidine rings is 1. The highest BCUT2D eigenvalue weighted by Crippen LogP contribution is 2.32. The second-order valence-corrected chi connectivity index (χ2v) is 8.17. The van der Waals surface area contributed by atoms with Crippen LogP contribution >= 0.6 is 11.6 Å². The summed E-state index contributed by atoms with van der Waals surface area (Å²) in [6, 6.07) is 19.6. The van der Waals surface area contributed by atoms with Crippen molar-refractivity contribution in [3.05, 3.63) is 93.8 Å². The molecule has 0 bridgehead atoms. The molecule has 7 nitrogen and oxygen atoms in total. The predicted octanol–water partition coefficient (Wildman–Crippen LogP) is 5.09. The summed E-state index contributed by atoms with van der Waals surface area (Å²) in [5.74, 6) is -0.145. The monoisotopic (exact) mass is 450 g/mol. The molecule has 1 amide bonds. The summed E-state index contributed by atoms with van der Waals surface area (Å²) < 4.78 is 0. The van der Waals surface area contributed by atoms with Crippen LogP contribution in [0, 0.1) is 16.0 Å². The molecule has 0 unspecified atom stereocenters. The zero-order valence-corrected chi connectivity index (χ0v) is 18.2. The summed E-state index contributed by atoms with van der Waals surface area (Å²) in [5, 5.41) is 12.0. The van der Waals surface area contributed by atoms with Crippen molar-refractivity contribution in [3.8, 4) is 0 Å². The topological polar surface area (TPSA) is 79.6 Å². The van der Waals surface area contributed by atoms with Gasteiger partial charge in [0.15, 0.2) is 0 Å². The third-order valence-electron chi connectivity index (χ3n) is 5.71. The summed E-state index contributed by atoms with van der Waals surface area (Å²) in [4.78, 5) is 32.7. The smallest absolute Gasteiger partial charge is 0.292 e. The fourth-order valence-electron chi connectivity index (χ4n) is 4.04. The van der Waals surface area contributed by atoms with E-state index < -0.39 is 0 Å². The molecular weight excluding hydrogens is 428 g/mol. The summed E-state index contributed by atoms with van der Waals surface area (Å²) in [5.41, 5.74) is 2.26. The van der Waals surface area contributed by atoms with Crippen LogP contribution in [0.3, 0.4) is 0 Å². The van der Waals surface area contributed by atoms with Gasteiger partial charge in [-0.2, -0.15) is 0 Å². The van der Waals surface area contributed by atoms with Crippen molar-refractivity contribution < 1.29 is 9.72 Å². The highest BCUT2D eigenvalue weighted by molar-refractivity contribution is 6.30. The molecule has 1 aliphatic rings. The van der Waals surface area contributed by atoms with Crippen LogP contribution in [-0.2, 0) is 11.3 Å². The number of para-hydroxylation sites is 2. The van der Waals surface area contributed by atoms with Gasteiger partial charge in [-0.05, 0) is 55.3 Å². The van der Waals surface area contributed by atoms with Gasteiger partial charge in [-0.3, -0.25) is 19.9 Å². The second-order valence-electron chi connectivity index (χ2n) is 7.73. The standard InChI is InChI=1S/C24H23ClN4O3/c25-19-8-10-21(11-9-19)28(17-20-5-3-4-14-26-20)24(30)18-12-15-27(16-13-18)22-6-1-2-7-23(22)29(31)32/h1-11,14,18H,12-13,15-17H2. The Hall–Kier alpha value is -3.45. The number of carbonyl (C=O) groups excluding carboxylic acids is 1. The molecule has 0 radical (unpaired) electrons. The largest absolute Gasteiger partial charge is 0.366 e. The average molecular weight is 451 g/mol. The molecule has 1 fully saturated rings. The minimum absolute atomic E-state index is 0.0280. The number of benzene rings is 2. The third-order valence-corrected chi connectivity index (χ3v) is 5.97. The first-order valence-corrected chi connectivity index (χ1v) is 10.9. The lowest BCUT2D eigenvalue weighted by Crippen LogP contribution is -2.42. The van der Waals surface area contributed by atoms with Crippen LogP contribution in [0.2, 0.25) is 5.02 Å². The van der Waals surface area contributed by atoms with Crippen LogP contribution in [0.25, 0.3) is 0 Å². The van der Waals surface area contributed by atoms with Crippen molar-refractivity contribution in [1.29, 1.82) is 0 Å². The van der Waals surface area contributed by atoms with Gasteiger partial charge in [0, 0.05) is 42.0 Å². The van der Waals surface area contributed by atoms with E-state index >= 15 is 0 Å². The van der Waals surface area contributed by atoms with Crippen LogP contribution in [0.4, 0.5) is 17.1 Å². The van der Waals surface area contributed by atoms with Crippen molar-refractivity contribution in [1.82, 2.24) is 4.98 Å². The molecule has 1 aromatic heterocycles. The van der Waals surface area contributed by atoms with E-state index in [4.69, 9.17) is 11.6 Å².